The average Bonchev–Trinajstić information content (AvgIpc) is 3.43. The topological polar surface area (TPSA) is 117 Å². The SMILES string of the molecule is COc1c(C(=O)N[C@H]2CCOC[C@@H]2O)cc(Cc2ccc(C(=O)NCc3cccc(O)c3)c(F)c2)c2c1CCC2. The van der Waals surface area contributed by atoms with Crippen LogP contribution >= 0.6 is 0 Å². The van der Waals surface area contributed by atoms with Gasteiger partial charge in [-0.05, 0) is 90.3 Å². The molecule has 8 nitrogen and oxygen atoms in total. The minimum atomic E-state index is -0.781. The summed E-state index contributed by atoms with van der Waals surface area (Å²) in [6.07, 6.45) is 2.65. The Morgan fingerprint density at radius 3 is 2.62 bits per heavy atom. The lowest BCUT2D eigenvalue weighted by molar-refractivity contribution is -0.0261. The van der Waals surface area contributed by atoms with Crippen molar-refractivity contribution in [3.63, 3.8) is 0 Å². The number of fused-ring (bicyclic) bond motifs is 1. The summed E-state index contributed by atoms with van der Waals surface area (Å²) in [5, 5.41) is 25.4. The molecule has 0 unspecified atom stereocenters. The highest BCUT2D eigenvalue weighted by molar-refractivity contribution is 5.98. The fraction of sp³-hybridized carbons (Fsp3) is 0.355. The maximum atomic E-state index is 15.1. The number of amides is 2. The van der Waals surface area contributed by atoms with Crippen molar-refractivity contribution in [2.75, 3.05) is 20.3 Å². The number of hydrogen-bond donors (Lipinski definition) is 4. The third-order valence-electron chi connectivity index (χ3n) is 7.57. The Kier molecular flexibility index (Phi) is 8.32. The summed E-state index contributed by atoms with van der Waals surface area (Å²) in [6.45, 7) is 0.791. The Hall–Kier alpha value is -3.95. The van der Waals surface area contributed by atoms with Gasteiger partial charge >= 0.3 is 0 Å². The van der Waals surface area contributed by atoms with Crippen LogP contribution < -0.4 is 15.4 Å². The molecule has 1 aliphatic heterocycles. The number of phenolic OH excluding ortho intramolecular Hbond substituents is 1. The summed E-state index contributed by atoms with van der Waals surface area (Å²) in [4.78, 5) is 26.0. The summed E-state index contributed by atoms with van der Waals surface area (Å²) in [5.41, 5.74) is 4.69. The van der Waals surface area contributed by atoms with Gasteiger partial charge in [0.25, 0.3) is 11.8 Å². The molecule has 3 aromatic carbocycles. The molecule has 2 amide bonds. The zero-order chi connectivity index (χ0) is 28.2. The number of carbonyl (C=O) groups excluding carboxylic acids is 2. The van der Waals surface area contributed by atoms with E-state index in [4.69, 9.17) is 9.47 Å². The van der Waals surface area contributed by atoms with Gasteiger partial charge in [0, 0.05) is 13.2 Å². The van der Waals surface area contributed by atoms with E-state index in [-0.39, 0.29) is 30.4 Å². The van der Waals surface area contributed by atoms with E-state index in [0.717, 1.165) is 36.0 Å². The minimum Gasteiger partial charge on any atom is -0.508 e. The molecule has 3 aromatic rings. The van der Waals surface area contributed by atoms with Crippen molar-refractivity contribution >= 4 is 11.8 Å². The van der Waals surface area contributed by atoms with Gasteiger partial charge in [-0.3, -0.25) is 9.59 Å². The van der Waals surface area contributed by atoms with Crippen molar-refractivity contribution in [1.29, 1.82) is 0 Å². The number of rotatable bonds is 8. The van der Waals surface area contributed by atoms with Crippen molar-refractivity contribution in [2.45, 2.75) is 50.8 Å². The van der Waals surface area contributed by atoms with E-state index in [1.807, 2.05) is 0 Å². The Labute approximate surface area is 232 Å². The molecule has 9 heteroatoms. The molecule has 1 saturated heterocycles. The molecule has 0 bridgehead atoms. The first-order chi connectivity index (χ1) is 19.3. The Bertz CT molecular complexity index is 1430. The lowest BCUT2D eigenvalue weighted by atomic mass is 9.92. The van der Waals surface area contributed by atoms with Crippen LogP contribution in [0, 0.1) is 5.82 Å². The second-order valence-corrected chi connectivity index (χ2v) is 10.3. The number of aliphatic hydroxyl groups is 1. The molecular weight excluding hydrogens is 515 g/mol. The molecule has 1 heterocycles. The number of aliphatic hydroxyl groups excluding tert-OH is 1. The second kappa shape index (κ2) is 12.1. The lowest BCUT2D eigenvalue weighted by Crippen LogP contribution is -2.48. The maximum Gasteiger partial charge on any atom is 0.255 e. The molecule has 1 fully saturated rings. The van der Waals surface area contributed by atoms with Crippen LogP contribution in [-0.2, 0) is 30.5 Å². The lowest BCUT2D eigenvalue weighted by Gasteiger charge is -2.29. The average molecular weight is 549 g/mol. The van der Waals surface area contributed by atoms with E-state index < -0.39 is 23.9 Å². The van der Waals surface area contributed by atoms with E-state index in [0.29, 0.717) is 41.9 Å². The number of halogens is 1. The van der Waals surface area contributed by atoms with E-state index in [2.05, 4.69) is 10.6 Å². The predicted molar refractivity (Wildman–Crippen MR) is 146 cm³/mol. The molecule has 2 atom stereocenters. The zero-order valence-electron chi connectivity index (χ0n) is 22.3. The number of ether oxygens (including phenoxy) is 2. The van der Waals surface area contributed by atoms with Crippen molar-refractivity contribution in [1.82, 2.24) is 10.6 Å². The van der Waals surface area contributed by atoms with Crippen molar-refractivity contribution in [3.05, 3.63) is 93.3 Å². The summed E-state index contributed by atoms with van der Waals surface area (Å²) in [5.74, 6) is -0.882. The van der Waals surface area contributed by atoms with E-state index in [1.165, 1.54) is 24.3 Å². The molecule has 5 rings (SSSR count). The first-order valence-corrected chi connectivity index (χ1v) is 13.5. The molecule has 210 valence electrons. The highest BCUT2D eigenvalue weighted by atomic mass is 19.1. The van der Waals surface area contributed by atoms with Gasteiger partial charge in [-0.25, -0.2) is 4.39 Å². The van der Waals surface area contributed by atoms with Crippen LogP contribution in [0.3, 0.4) is 0 Å². The number of methoxy groups -OCH3 is 1. The standard InChI is InChI=1S/C31H33FN2O6/c1-39-29-23-7-3-6-22(23)20(15-25(29)31(38)34-27-10-11-40-17-28(27)36)12-18-8-9-24(26(32)14-18)30(37)33-16-19-4-2-5-21(35)13-19/h2,4-5,8-9,13-15,27-28,35-36H,3,6-7,10-12,16-17H2,1H3,(H,33,37)(H,34,38)/t27-,28-/m0/s1. The summed E-state index contributed by atoms with van der Waals surface area (Å²) >= 11 is 0. The normalized spacial score (nSPS) is 18.2. The molecule has 40 heavy (non-hydrogen) atoms. The molecular formula is C31H33FN2O6. The Morgan fingerprint density at radius 2 is 1.88 bits per heavy atom. The molecule has 2 aliphatic rings. The van der Waals surface area contributed by atoms with Gasteiger partial charge in [-0.1, -0.05) is 18.2 Å². The number of hydrogen-bond acceptors (Lipinski definition) is 6. The molecule has 0 aromatic heterocycles. The van der Waals surface area contributed by atoms with Crippen LogP contribution in [-0.4, -0.2) is 54.5 Å². The van der Waals surface area contributed by atoms with Crippen molar-refractivity contribution < 1.29 is 33.7 Å². The largest absolute Gasteiger partial charge is 0.508 e. The number of carbonyl (C=O) groups is 2. The van der Waals surface area contributed by atoms with Crippen molar-refractivity contribution in [2.24, 2.45) is 0 Å². The second-order valence-electron chi connectivity index (χ2n) is 10.3. The highest BCUT2D eigenvalue weighted by Gasteiger charge is 2.30. The molecule has 0 spiro atoms. The van der Waals surface area contributed by atoms with Gasteiger partial charge in [0.2, 0.25) is 0 Å². The minimum absolute atomic E-state index is 0.0704. The van der Waals surface area contributed by atoms with Gasteiger partial charge in [0.05, 0.1) is 37.0 Å². The van der Waals surface area contributed by atoms with Crippen molar-refractivity contribution in [3.8, 4) is 11.5 Å². The highest BCUT2D eigenvalue weighted by Crippen LogP contribution is 2.37. The quantitative estimate of drug-likeness (QED) is 0.343. The van der Waals surface area contributed by atoms with Gasteiger partial charge < -0.3 is 30.3 Å². The van der Waals surface area contributed by atoms with Crippen LogP contribution in [0.5, 0.6) is 11.5 Å². The fourth-order valence-corrected chi connectivity index (χ4v) is 5.55. The summed E-state index contributed by atoms with van der Waals surface area (Å²) in [6, 6.07) is 12.4. The van der Waals surface area contributed by atoms with Gasteiger partial charge in [0.15, 0.2) is 0 Å². The Morgan fingerprint density at radius 1 is 1.05 bits per heavy atom. The number of aromatic hydroxyl groups is 1. The first kappa shape index (κ1) is 27.6. The summed E-state index contributed by atoms with van der Waals surface area (Å²) in [7, 11) is 1.55. The third-order valence-corrected chi connectivity index (χ3v) is 7.57. The Balaban J connectivity index is 1.35. The smallest absolute Gasteiger partial charge is 0.255 e. The third kappa shape index (κ3) is 5.95. The number of phenols is 1. The molecule has 0 radical (unpaired) electrons. The molecule has 1 aliphatic carbocycles. The fourth-order valence-electron chi connectivity index (χ4n) is 5.55. The molecule has 0 saturated carbocycles. The van der Waals surface area contributed by atoms with E-state index in [9.17, 15) is 19.8 Å². The van der Waals surface area contributed by atoms with Gasteiger partial charge in [-0.2, -0.15) is 0 Å². The van der Waals surface area contributed by atoms with E-state index in [1.54, 1.807) is 31.4 Å². The predicted octanol–water partition coefficient (Wildman–Crippen LogP) is 3.43. The van der Waals surface area contributed by atoms with Crippen LogP contribution in [0.15, 0.2) is 48.5 Å². The molecule has 4 N–H and O–H groups in total. The summed E-state index contributed by atoms with van der Waals surface area (Å²) < 4.78 is 26.0. The van der Waals surface area contributed by atoms with Crippen LogP contribution in [0.1, 0.15) is 61.4 Å². The van der Waals surface area contributed by atoms with Crippen LogP contribution in [0.25, 0.3) is 0 Å². The van der Waals surface area contributed by atoms with Gasteiger partial charge in [-0.15, -0.1) is 0 Å². The monoisotopic (exact) mass is 548 g/mol. The number of nitrogens with one attached hydrogen (secondary N) is 2. The van der Waals surface area contributed by atoms with E-state index >= 15 is 4.39 Å². The first-order valence-electron chi connectivity index (χ1n) is 13.5. The van der Waals surface area contributed by atoms with Gasteiger partial charge in [0.1, 0.15) is 17.3 Å². The zero-order valence-corrected chi connectivity index (χ0v) is 22.3. The van der Waals surface area contributed by atoms with Crippen LogP contribution in [0.2, 0.25) is 0 Å². The number of benzene rings is 3. The maximum absolute atomic E-state index is 15.1. The van der Waals surface area contributed by atoms with Crippen LogP contribution in [0.4, 0.5) is 4.39 Å².